The molecular formula is C7H13O7P3. The van der Waals surface area contributed by atoms with Gasteiger partial charge in [0.2, 0.25) is 23.8 Å². The highest BCUT2D eigenvalue weighted by atomic mass is 32.4. The van der Waals surface area contributed by atoms with Gasteiger partial charge in [0.05, 0.1) is 12.7 Å². The van der Waals surface area contributed by atoms with Crippen LogP contribution in [0.5, 0.6) is 0 Å². The van der Waals surface area contributed by atoms with Gasteiger partial charge in [-0.25, -0.2) is 0 Å². The van der Waals surface area contributed by atoms with E-state index in [1.54, 1.807) is 6.92 Å². The fourth-order valence-electron chi connectivity index (χ4n) is 1.48. The van der Waals surface area contributed by atoms with Gasteiger partial charge < -0.3 is 24.6 Å². The van der Waals surface area contributed by atoms with E-state index in [0.29, 0.717) is 0 Å². The highest BCUT2D eigenvalue weighted by molar-refractivity contribution is 8.44. The van der Waals surface area contributed by atoms with Gasteiger partial charge in [-0.1, -0.05) is 0 Å². The van der Waals surface area contributed by atoms with Gasteiger partial charge in [0.1, 0.15) is 24.4 Å². The predicted octanol–water partition coefficient (Wildman–Crippen LogP) is 0.683. The summed E-state index contributed by atoms with van der Waals surface area (Å²) in [4.78, 5) is 0. The van der Waals surface area contributed by atoms with Crippen molar-refractivity contribution in [1.29, 1.82) is 0 Å². The van der Waals surface area contributed by atoms with E-state index >= 15 is 0 Å². The summed E-state index contributed by atoms with van der Waals surface area (Å²) in [6, 6.07) is 0. The topological polar surface area (TPSA) is 113 Å². The minimum absolute atomic E-state index is 0.147. The van der Waals surface area contributed by atoms with Crippen LogP contribution in [0, 0.1) is 0 Å². The van der Waals surface area contributed by atoms with Crippen molar-refractivity contribution in [2.75, 3.05) is 6.61 Å². The van der Waals surface area contributed by atoms with Crippen LogP contribution in [0.2, 0.25) is 0 Å². The molecule has 1 heterocycles. The minimum atomic E-state index is -1.64. The molecular weight excluding hydrogens is 289 g/mol. The first-order chi connectivity index (χ1) is 8.01. The van der Waals surface area contributed by atoms with Crippen LogP contribution in [-0.4, -0.2) is 52.4 Å². The molecule has 1 fully saturated rings. The zero-order valence-electron chi connectivity index (χ0n) is 8.91. The SMILES string of the molecule is CC1OC(COP(P=O)P=O)[C@H](O)C(O)[C@@H]1O. The maximum atomic E-state index is 10.5. The number of hydrogen-bond donors (Lipinski definition) is 3. The van der Waals surface area contributed by atoms with Crippen LogP contribution in [0.25, 0.3) is 0 Å². The van der Waals surface area contributed by atoms with Gasteiger partial charge in [-0.15, -0.1) is 0 Å². The Morgan fingerprint density at radius 1 is 1.18 bits per heavy atom. The zero-order valence-corrected chi connectivity index (χ0v) is 11.6. The molecule has 5 atom stereocenters. The molecule has 0 spiro atoms. The Morgan fingerprint density at radius 2 is 1.76 bits per heavy atom. The van der Waals surface area contributed by atoms with E-state index in [1.807, 2.05) is 0 Å². The van der Waals surface area contributed by atoms with E-state index in [9.17, 15) is 24.4 Å². The van der Waals surface area contributed by atoms with Crippen LogP contribution < -0.4 is 0 Å². The number of rotatable bonds is 5. The van der Waals surface area contributed by atoms with Crippen LogP contribution in [0.1, 0.15) is 6.92 Å². The van der Waals surface area contributed by atoms with Gasteiger partial charge in [-0.05, 0) is 6.92 Å². The van der Waals surface area contributed by atoms with Crippen molar-refractivity contribution in [2.45, 2.75) is 37.4 Å². The fraction of sp³-hybridized carbons (Fsp3) is 1.00. The van der Waals surface area contributed by atoms with Crippen molar-refractivity contribution in [2.24, 2.45) is 0 Å². The van der Waals surface area contributed by atoms with Crippen LogP contribution >= 0.6 is 23.8 Å². The Hall–Kier alpha value is 0.430. The molecule has 98 valence electrons. The number of hydrogen-bond acceptors (Lipinski definition) is 7. The second kappa shape index (κ2) is 7.13. The Morgan fingerprint density at radius 3 is 2.29 bits per heavy atom. The minimum Gasteiger partial charge on any atom is -0.388 e. The zero-order chi connectivity index (χ0) is 13.0. The highest BCUT2D eigenvalue weighted by Crippen LogP contribution is 2.60. The molecule has 0 radical (unpaired) electrons. The van der Waals surface area contributed by atoms with E-state index < -0.39 is 38.0 Å². The first-order valence-electron chi connectivity index (χ1n) is 4.80. The normalized spacial score (nSPS) is 40.6. The molecule has 0 saturated carbocycles. The van der Waals surface area contributed by atoms with E-state index in [-0.39, 0.29) is 22.9 Å². The monoisotopic (exact) mass is 302 g/mol. The summed E-state index contributed by atoms with van der Waals surface area (Å²) in [7, 11) is -2.40. The molecule has 10 heteroatoms. The van der Waals surface area contributed by atoms with Crippen LogP contribution in [0.3, 0.4) is 0 Å². The van der Waals surface area contributed by atoms with Gasteiger partial charge in [0, 0.05) is 0 Å². The predicted molar refractivity (Wildman–Crippen MR) is 60.4 cm³/mol. The van der Waals surface area contributed by atoms with Gasteiger partial charge in [0.25, 0.3) is 0 Å². The lowest BCUT2D eigenvalue weighted by atomic mass is 9.96. The van der Waals surface area contributed by atoms with Crippen molar-refractivity contribution >= 4 is 23.8 Å². The summed E-state index contributed by atoms with van der Waals surface area (Å²) >= 11 is 0. The fourth-order valence-corrected chi connectivity index (χ4v) is 2.92. The van der Waals surface area contributed by atoms with E-state index in [2.05, 4.69) is 0 Å². The lowest BCUT2D eigenvalue weighted by Gasteiger charge is -2.39. The molecule has 1 saturated heterocycles. The first-order valence-corrected chi connectivity index (χ1v) is 9.10. The van der Waals surface area contributed by atoms with Crippen molar-refractivity contribution < 1.29 is 33.7 Å². The van der Waals surface area contributed by atoms with E-state index in [1.165, 1.54) is 0 Å². The molecule has 1 rings (SSSR count). The van der Waals surface area contributed by atoms with Gasteiger partial charge in [-0.3, -0.25) is 9.13 Å². The summed E-state index contributed by atoms with van der Waals surface area (Å²) in [5.41, 5.74) is 0. The lowest BCUT2D eigenvalue weighted by Crippen LogP contribution is -2.57. The maximum absolute atomic E-state index is 10.5. The van der Waals surface area contributed by atoms with E-state index in [4.69, 9.17) is 9.26 Å². The number of ether oxygens (including phenoxy) is 1. The average molecular weight is 302 g/mol. The Kier molecular flexibility index (Phi) is 6.49. The van der Waals surface area contributed by atoms with Crippen molar-refractivity contribution in [3.05, 3.63) is 0 Å². The first kappa shape index (κ1) is 15.5. The molecule has 0 aromatic heterocycles. The molecule has 1 aliphatic rings. The van der Waals surface area contributed by atoms with Crippen molar-refractivity contribution in [3.8, 4) is 0 Å². The summed E-state index contributed by atoms with van der Waals surface area (Å²) in [6.45, 7) is 1.40. The van der Waals surface area contributed by atoms with Crippen LogP contribution in [0.15, 0.2) is 0 Å². The Bertz CT molecular complexity index is 270. The highest BCUT2D eigenvalue weighted by Gasteiger charge is 2.42. The second-order valence-corrected chi connectivity index (χ2v) is 8.76. The van der Waals surface area contributed by atoms with E-state index in [0.717, 1.165) is 0 Å². The van der Waals surface area contributed by atoms with Gasteiger partial charge in [0.15, 0.2) is 0 Å². The van der Waals surface area contributed by atoms with Crippen LogP contribution in [-0.2, 0) is 18.4 Å². The third-order valence-electron chi connectivity index (χ3n) is 2.45. The molecule has 17 heavy (non-hydrogen) atoms. The summed E-state index contributed by atoms with van der Waals surface area (Å²) in [6.07, 6.45) is -5.30. The average Bonchev–Trinajstić information content (AvgIpc) is 2.33. The number of aliphatic hydroxyl groups excluding tert-OH is 3. The standard InChI is InChI=1S/C7H13O7P3/c1-3-5(8)7(10)6(9)4(14-3)2-13-17(15-11)16-12/h3-10H,2H2,1H3/t3?,4?,5-,6+,7?/m1/s1. The third kappa shape index (κ3) is 3.95. The smallest absolute Gasteiger partial charge is 0.224 e. The largest absolute Gasteiger partial charge is 0.388 e. The molecule has 7 nitrogen and oxygen atoms in total. The van der Waals surface area contributed by atoms with Crippen molar-refractivity contribution in [3.63, 3.8) is 0 Å². The molecule has 1 aliphatic heterocycles. The quantitative estimate of drug-likeness (QED) is 0.640. The molecule has 0 aromatic carbocycles. The van der Waals surface area contributed by atoms with Crippen LogP contribution in [0.4, 0.5) is 0 Å². The molecule has 3 unspecified atom stereocenters. The Balaban J connectivity index is 2.53. The molecule has 0 bridgehead atoms. The maximum Gasteiger partial charge on any atom is 0.224 e. The van der Waals surface area contributed by atoms with Gasteiger partial charge in [-0.2, -0.15) is 0 Å². The summed E-state index contributed by atoms with van der Waals surface area (Å²) in [5, 5.41) is 28.6. The van der Waals surface area contributed by atoms with Gasteiger partial charge >= 0.3 is 0 Å². The lowest BCUT2D eigenvalue weighted by molar-refractivity contribution is -0.222. The summed E-state index contributed by atoms with van der Waals surface area (Å²) < 4.78 is 31.2. The molecule has 0 aliphatic carbocycles. The molecule has 3 N–H and O–H groups in total. The second-order valence-electron chi connectivity index (χ2n) is 3.56. The summed E-state index contributed by atoms with van der Waals surface area (Å²) in [5.74, 6) is 0. The molecule has 0 amide bonds. The Labute approximate surface area is 102 Å². The third-order valence-corrected chi connectivity index (χ3v) is 5.95. The number of aliphatic hydroxyl groups is 3. The molecule has 0 aromatic rings. The van der Waals surface area contributed by atoms with Crippen molar-refractivity contribution in [1.82, 2.24) is 0 Å².